The van der Waals surface area contributed by atoms with E-state index in [2.05, 4.69) is 0 Å². The summed E-state index contributed by atoms with van der Waals surface area (Å²) in [5, 5.41) is 0. The van der Waals surface area contributed by atoms with Gasteiger partial charge >= 0.3 is 12.3 Å². The van der Waals surface area contributed by atoms with Crippen LogP contribution >= 0.6 is 0 Å². The fourth-order valence-electron chi connectivity index (χ4n) is 2.76. The number of halogens is 3. The number of carbonyl (C=O) groups excluding carboxylic acids is 1. The van der Waals surface area contributed by atoms with Gasteiger partial charge in [-0.25, -0.2) is 4.79 Å². The number of nitrogens with two attached hydrogens (primary N) is 1. The summed E-state index contributed by atoms with van der Waals surface area (Å²) in [4.78, 5) is 13.7. The molecule has 0 bridgehead atoms. The third-order valence-corrected chi connectivity index (χ3v) is 3.96. The maximum absolute atomic E-state index is 12.9. The lowest BCUT2D eigenvalue weighted by Gasteiger charge is -2.38. The molecular weight excluding hydrogens is 321 g/mol. The Kier molecular flexibility index (Phi) is 5.13. The number of hydrogen-bond acceptors (Lipinski definition) is 3. The topological polar surface area (TPSA) is 55.6 Å². The van der Waals surface area contributed by atoms with Crippen molar-refractivity contribution < 1.29 is 22.7 Å². The Morgan fingerprint density at radius 2 is 1.96 bits per heavy atom. The number of amides is 1. The van der Waals surface area contributed by atoms with E-state index >= 15 is 0 Å². The van der Waals surface area contributed by atoms with Gasteiger partial charge < -0.3 is 15.4 Å². The summed E-state index contributed by atoms with van der Waals surface area (Å²) in [5.74, 6) is -0.353. The van der Waals surface area contributed by atoms with Crippen LogP contribution in [0.15, 0.2) is 24.3 Å². The smallest absolute Gasteiger partial charge is 0.416 e. The molecule has 1 aliphatic heterocycles. The second kappa shape index (κ2) is 6.63. The highest BCUT2D eigenvalue weighted by Crippen LogP contribution is 2.33. The van der Waals surface area contributed by atoms with E-state index in [9.17, 15) is 18.0 Å². The first kappa shape index (κ1) is 18.6. The zero-order valence-electron chi connectivity index (χ0n) is 14.1. The molecule has 0 radical (unpaired) electrons. The minimum Gasteiger partial charge on any atom is -0.444 e. The molecule has 2 N–H and O–H groups in total. The molecule has 2 rings (SSSR count). The average Bonchev–Trinajstić information content (AvgIpc) is 2.45. The maximum Gasteiger partial charge on any atom is 0.416 e. The van der Waals surface area contributed by atoms with Gasteiger partial charge in [-0.2, -0.15) is 13.2 Å². The largest absolute Gasteiger partial charge is 0.444 e. The quantitative estimate of drug-likeness (QED) is 0.844. The molecule has 0 spiro atoms. The fraction of sp³-hybridized carbons (Fsp3) is 0.588. The van der Waals surface area contributed by atoms with Gasteiger partial charge in [0, 0.05) is 25.0 Å². The van der Waals surface area contributed by atoms with Crippen molar-refractivity contribution in [3.63, 3.8) is 0 Å². The number of benzene rings is 1. The number of carbonyl (C=O) groups is 1. The standard InChI is InChI=1S/C17H23F3N2O2/c1-16(2,3)24-15(23)22-8-7-14(21)13(10-22)11-5-4-6-12(9-11)17(18,19)20/h4-6,9,13-14H,7-8,10,21H2,1-3H3/t13-,14+/m0/s1. The van der Waals surface area contributed by atoms with Crippen molar-refractivity contribution in [2.24, 2.45) is 5.73 Å². The third kappa shape index (κ3) is 4.63. The van der Waals surface area contributed by atoms with Crippen LogP contribution in [-0.4, -0.2) is 35.7 Å². The summed E-state index contributed by atoms with van der Waals surface area (Å²) >= 11 is 0. The summed E-state index contributed by atoms with van der Waals surface area (Å²) in [6.45, 7) is 5.99. The minimum atomic E-state index is -4.40. The molecule has 0 aliphatic carbocycles. The molecule has 0 aromatic heterocycles. The molecular formula is C17H23F3N2O2. The summed E-state index contributed by atoms with van der Waals surface area (Å²) in [5.41, 5.74) is 5.26. The summed E-state index contributed by atoms with van der Waals surface area (Å²) in [6.07, 6.45) is -4.36. The molecule has 1 aromatic rings. The number of nitrogens with zero attached hydrogens (tertiary/aromatic N) is 1. The summed E-state index contributed by atoms with van der Waals surface area (Å²) in [6, 6.07) is 4.84. The van der Waals surface area contributed by atoms with E-state index in [0.717, 1.165) is 12.1 Å². The first-order valence-corrected chi connectivity index (χ1v) is 7.88. The van der Waals surface area contributed by atoms with E-state index < -0.39 is 23.4 Å². The van der Waals surface area contributed by atoms with Gasteiger partial charge in [0.25, 0.3) is 0 Å². The number of likely N-dealkylation sites (tertiary alicyclic amines) is 1. The lowest BCUT2D eigenvalue weighted by atomic mass is 9.86. The second-order valence-corrected chi connectivity index (χ2v) is 7.11. The van der Waals surface area contributed by atoms with Crippen LogP contribution in [0.25, 0.3) is 0 Å². The Balaban J connectivity index is 2.19. The molecule has 0 saturated carbocycles. The molecule has 4 nitrogen and oxygen atoms in total. The number of rotatable bonds is 1. The van der Waals surface area contributed by atoms with Crippen LogP contribution in [0.1, 0.15) is 44.2 Å². The highest BCUT2D eigenvalue weighted by Gasteiger charge is 2.35. The highest BCUT2D eigenvalue weighted by atomic mass is 19.4. The minimum absolute atomic E-state index is 0.247. The molecule has 1 heterocycles. The normalized spacial score (nSPS) is 22.4. The van der Waals surface area contributed by atoms with Crippen LogP contribution < -0.4 is 5.73 Å². The Bertz CT molecular complexity index is 596. The van der Waals surface area contributed by atoms with Gasteiger partial charge in [-0.15, -0.1) is 0 Å². The Morgan fingerprint density at radius 1 is 1.29 bits per heavy atom. The van der Waals surface area contributed by atoms with Crippen molar-refractivity contribution in [1.82, 2.24) is 4.90 Å². The number of ether oxygens (including phenoxy) is 1. The number of piperidine rings is 1. The van der Waals surface area contributed by atoms with Crippen LogP contribution in [0.5, 0.6) is 0 Å². The van der Waals surface area contributed by atoms with E-state index in [4.69, 9.17) is 10.5 Å². The fourth-order valence-corrected chi connectivity index (χ4v) is 2.76. The zero-order valence-corrected chi connectivity index (χ0v) is 14.1. The molecule has 7 heteroatoms. The molecule has 1 saturated heterocycles. The van der Waals surface area contributed by atoms with Gasteiger partial charge in [0.2, 0.25) is 0 Å². The SMILES string of the molecule is CC(C)(C)OC(=O)N1CC[C@@H](N)[C@H](c2cccc(C(F)(F)F)c2)C1. The van der Waals surface area contributed by atoms with Crippen LogP contribution in [0.2, 0.25) is 0 Å². The van der Waals surface area contributed by atoms with Gasteiger partial charge in [-0.05, 0) is 38.8 Å². The maximum atomic E-state index is 12.9. The molecule has 1 aromatic carbocycles. The van der Waals surface area contributed by atoms with E-state index in [1.54, 1.807) is 26.8 Å². The molecule has 134 valence electrons. The highest BCUT2D eigenvalue weighted by molar-refractivity contribution is 5.68. The molecule has 24 heavy (non-hydrogen) atoms. The van der Waals surface area contributed by atoms with Crippen molar-refractivity contribution >= 4 is 6.09 Å². The second-order valence-electron chi connectivity index (χ2n) is 7.11. The predicted octanol–water partition coefficient (Wildman–Crippen LogP) is 3.76. The van der Waals surface area contributed by atoms with Crippen LogP contribution in [-0.2, 0) is 10.9 Å². The zero-order chi connectivity index (χ0) is 18.1. The van der Waals surface area contributed by atoms with Gasteiger partial charge in [0.15, 0.2) is 0 Å². The van der Waals surface area contributed by atoms with Gasteiger partial charge in [0.05, 0.1) is 5.56 Å². The third-order valence-electron chi connectivity index (χ3n) is 3.96. The molecule has 2 atom stereocenters. The monoisotopic (exact) mass is 344 g/mol. The Hall–Kier alpha value is -1.76. The lowest BCUT2D eigenvalue weighted by molar-refractivity contribution is -0.137. The molecule has 1 fully saturated rings. The van der Waals surface area contributed by atoms with Crippen molar-refractivity contribution in [3.8, 4) is 0 Å². The van der Waals surface area contributed by atoms with Crippen LogP contribution in [0, 0.1) is 0 Å². The van der Waals surface area contributed by atoms with Gasteiger partial charge in [-0.1, -0.05) is 18.2 Å². The van der Waals surface area contributed by atoms with Crippen LogP contribution in [0.3, 0.4) is 0 Å². The van der Waals surface area contributed by atoms with E-state index in [1.807, 2.05) is 0 Å². The predicted molar refractivity (Wildman–Crippen MR) is 84.6 cm³/mol. The molecule has 0 unspecified atom stereocenters. The summed E-state index contributed by atoms with van der Waals surface area (Å²) < 4.78 is 44.1. The van der Waals surface area contributed by atoms with Gasteiger partial charge in [-0.3, -0.25) is 0 Å². The van der Waals surface area contributed by atoms with Crippen molar-refractivity contribution in [1.29, 1.82) is 0 Å². The first-order valence-electron chi connectivity index (χ1n) is 7.88. The van der Waals surface area contributed by atoms with Crippen molar-refractivity contribution in [3.05, 3.63) is 35.4 Å². The first-order chi connectivity index (χ1) is 11.0. The summed E-state index contributed by atoms with van der Waals surface area (Å²) in [7, 11) is 0. The van der Waals surface area contributed by atoms with E-state index in [-0.39, 0.29) is 18.5 Å². The van der Waals surface area contributed by atoms with E-state index in [0.29, 0.717) is 18.5 Å². The Labute approximate surface area is 139 Å². The Morgan fingerprint density at radius 3 is 2.54 bits per heavy atom. The lowest BCUT2D eigenvalue weighted by Crippen LogP contribution is -2.49. The average molecular weight is 344 g/mol. The molecule has 1 aliphatic rings. The van der Waals surface area contributed by atoms with Crippen molar-refractivity contribution in [2.45, 2.75) is 50.9 Å². The van der Waals surface area contributed by atoms with Crippen molar-refractivity contribution in [2.75, 3.05) is 13.1 Å². The van der Waals surface area contributed by atoms with Gasteiger partial charge in [0.1, 0.15) is 5.60 Å². The number of hydrogen-bond donors (Lipinski definition) is 1. The van der Waals surface area contributed by atoms with Crippen LogP contribution in [0.4, 0.5) is 18.0 Å². The molecule has 1 amide bonds. The van der Waals surface area contributed by atoms with E-state index in [1.165, 1.54) is 11.0 Å². The number of alkyl halides is 3.